The normalized spacial score (nSPS) is 30.6. The third-order valence-corrected chi connectivity index (χ3v) is 3.83. The molecule has 17 heavy (non-hydrogen) atoms. The standard InChI is InChI=1S/C14H25NO2/c1-11-8-15(10-14(2,3)17-11)9-13(16)12-6-4-5-7-12/h11-12H,4-10H2,1-3H3. The van der Waals surface area contributed by atoms with Crippen LogP contribution < -0.4 is 0 Å². The first-order valence-electron chi connectivity index (χ1n) is 6.89. The van der Waals surface area contributed by atoms with Gasteiger partial charge in [0.25, 0.3) is 0 Å². The van der Waals surface area contributed by atoms with Crippen LogP contribution in [0, 0.1) is 5.92 Å². The van der Waals surface area contributed by atoms with E-state index in [4.69, 9.17) is 4.74 Å². The van der Waals surface area contributed by atoms with E-state index in [1.807, 2.05) is 0 Å². The van der Waals surface area contributed by atoms with Gasteiger partial charge in [0, 0.05) is 19.0 Å². The summed E-state index contributed by atoms with van der Waals surface area (Å²) in [5.41, 5.74) is -0.117. The molecule has 2 fully saturated rings. The smallest absolute Gasteiger partial charge is 0.149 e. The molecule has 0 bridgehead atoms. The second-order valence-electron chi connectivity index (χ2n) is 6.31. The van der Waals surface area contributed by atoms with Crippen molar-refractivity contribution in [1.82, 2.24) is 4.90 Å². The average Bonchev–Trinajstić information content (AvgIpc) is 2.65. The molecule has 0 aromatic carbocycles. The highest BCUT2D eigenvalue weighted by Gasteiger charge is 2.33. The zero-order chi connectivity index (χ0) is 12.5. The molecule has 0 aromatic heterocycles. The molecule has 1 heterocycles. The fourth-order valence-corrected chi connectivity index (χ4v) is 3.30. The summed E-state index contributed by atoms with van der Waals surface area (Å²) in [5.74, 6) is 0.795. The number of rotatable bonds is 3. The molecule has 3 nitrogen and oxygen atoms in total. The molecule has 2 rings (SSSR count). The second-order valence-corrected chi connectivity index (χ2v) is 6.31. The van der Waals surface area contributed by atoms with Gasteiger partial charge in [-0.3, -0.25) is 9.69 Å². The van der Waals surface area contributed by atoms with E-state index in [0.29, 0.717) is 18.2 Å². The largest absolute Gasteiger partial charge is 0.370 e. The summed E-state index contributed by atoms with van der Waals surface area (Å²) in [7, 11) is 0. The maximum absolute atomic E-state index is 12.1. The molecule has 1 saturated heterocycles. The van der Waals surface area contributed by atoms with Crippen LogP contribution in [0.25, 0.3) is 0 Å². The van der Waals surface area contributed by atoms with Gasteiger partial charge in [-0.25, -0.2) is 0 Å². The van der Waals surface area contributed by atoms with Crippen molar-refractivity contribution in [3.8, 4) is 0 Å². The van der Waals surface area contributed by atoms with E-state index in [9.17, 15) is 4.79 Å². The van der Waals surface area contributed by atoms with Crippen molar-refractivity contribution in [1.29, 1.82) is 0 Å². The molecule has 3 heteroatoms. The van der Waals surface area contributed by atoms with Gasteiger partial charge in [-0.05, 0) is 33.6 Å². The SMILES string of the molecule is CC1CN(CC(=O)C2CCCC2)CC(C)(C)O1. The van der Waals surface area contributed by atoms with Crippen LogP contribution in [0.1, 0.15) is 46.5 Å². The molecular weight excluding hydrogens is 214 g/mol. The summed E-state index contributed by atoms with van der Waals surface area (Å²) >= 11 is 0. The molecule has 1 unspecified atom stereocenters. The zero-order valence-electron chi connectivity index (χ0n) is 11.4. The van der Waals surface area contributed by atoms with Crippen molar-refractivity contribution in [3.05, 3.63) is 0 Å². The highest BCUT2D eigenvalue weighted by molar-refractivity contribution is 5.83. The Morgan fingerprint density at radius 1 is 1.35 bits per heavy atom. The molecule has 0 radical (unpaired) electrons. The van der Waals surface area contributed by atoms with Crippen LogP contribution in [-0.2, 0) is 9.53 Å². The fraction of sp³-hybridized carbons (Fsp3) is 0.929. The highest BCUT2D eigenvalue weighted by Crippen LogP contribution is 2.27. The Morgan fingerprint density at radius 2 is 2.00 bits per heavy atom. The van der Waals surface area contributed by atoms with Crippen molar-refractivity contribution >= 4 is 5.78 Å². The van der Waals surface area contributed by atoms with Crippen LogP contribution in [0.2, 0.25) is 0 Å². The molecule has 1 aliphatic heterocycles. The Bertz CT molecular complexity index is 282. The van der Waals surface area contributed by atoms with Crippen LogP contribution in [-0.4, -0.2) is 42.0 Å². The van der Waals surface area contributed by atoms with Gasteiger partial charge in [-0.1, -0.05) is 12.8 Å². The number of carbonyl (C=O) groups is 1. The summed E-state index contributed by atoms with van der Waals surface area (Å²) in [4.78, 5) is 14.4. The van der Waals surface area contributed by atoms with Gasteiger partial charge in [0.2, 0.25) is 0 Å². The summed E-state index contributed by atoms with van der Waals surface area (Å²) in [6.45, 7) is 8.69. The maximum Gasteiger partial charge on any atom is 0.149 e. The van der Waals surface area contributed by atoms with Crippen LogP contribution >= 0.6 is 0 Å². The van der Waals surface area contributed by atoms with E-state index in [1.165, 1.54) is 12.8 Å². The van der Waals surface area contributed by atoms with Crippen molar-refractivity contribution in [2.24, 2.45) is 5.92 Å². The Labute approximate surface area is 105 Å². The average molecular weight is 239 g/mol. The molecule has 0 amide bonds. The molecule has 98 valence electrons. The van der Waals surface area contributed by atoms with E-state index < -0.39 is 0 Å². The fourth-order valence-electron chi connectivity index (χ4n) is 3.30. The second kappa shape index (κ2) is 5.07. The van der Waals surface area contributed by atoms with Crippen LogP contribution in [0.4, 0.5) is 0 Å². The Balaban J connectivity index is 1.87. The number of nitrogens with zero attached hydrogens (tertiary/aromatic N) is 1. The minimum Gasteiger partial charge on any atom is -0.370 e. The van der Waals surface area contributed by atoms with Gasteiger partial charge in [0.1, 0.15) is 5.78 Å². The lowest BCUT2D eigenvalue weighted by molar-refractivity contribution is -0.140. The van der Waals surface area contributed by atoms with Crippen LogP contribution in [0.3, 0.4) is 0 Å². The number of ether oxygens (including phenoxy) is 1. The van der Waals surface area contributed by atoms with E-state index in [1.54, 1.807) is 0 Å². The van der Waals surface area contributed by atoms with Gasteiger partial charge >= 0.3 is 0 Å². The van der Waals surface area contributed by atoms with Gasteiger partial charge in [0.05, 0.1) is 18.2 Å². The first-order chi connectivity index (χ1) is 7.96. The predicted octanol–water partition coefficient (Wildman–Crippen LogP) is 2.25. The maximum atomic E-state index is 12.1. The Hall–Kier alpha value is -0.410. The number of Topliss-reactive ketones (excluding diaryl/α,β-unsaturated/α-hetero) is 1. The van der Waals surface area contributed by atoms with E-state index >= 15 is 0 Å². The van der Waals surface area contributed by atoms with Crippen molar-refractivity contribution in [2.45, 2.75) is 58.2 Å². The zero-order valence-corrected chi connectivity index (χ0v) is 11.4. The summed E-state index contributed by atoms with van der Waals surface area (Å²) < 4.78 is 5.86. The molecule has 0 aromatic rings. The molecule has 0 N–H and O–H groups in total. The van der Waals surface area contributed by atoms with Crippen molar-refractivity contribution < 1.29 is 9.53 Å². The number of carbonyl (C=O) groups excluding carboxylic acids is 1. The van der Waals surface area contributed by atoms with Crippen LogP contribution in [0.15, 0.2) is 0 Å². The van der Waals surface area contributed by atoms with E-state index in [0.717, 1.165) is 25.9 Å². The number of hydrogen-bond donors (Lipinski definition) is 0. The van der Waals surface area contributed by atoms with Crippen LogP contribution in [0.5, 0.6) is 0 Å². The number of ketones is 1. The third-order valence-electron chi connectivity index (χ3n) is 3.83. The lowest BCUT2D eigenvalue weighted by atomic mass is 10.00. The number of morpholine rings is 1. The molecule has 0 spiro atoms. The molecule has 1 saturated carbocycles. The monoisotopic (exact) mass is 239 g/mol. The lowest BCUT2D eigenvalue weighted by Gasteiger charge is -2.41. The Morgan fingerprint density at radius 3 is 2.59 bits per heavy atom. The van der Waals surface area contributed by atoms with E-state index in [2.05, 4.69) is 25.7 Å². The highest BCUT2D eigenvalue weighted by atomic mass is 16.5. The molecule has 2 aliphatic rings. The minimum absolute atomic E-state index is 0.117. The summed E-state index contributed by atoms with van der Waals surface area (Å²) in [5, 5.41) is 0. The third kappa shape index (κ3) is 3.52. The Kier molecular flexibility index (Phi) is 3.88. The molecule has 1 atom stereocenters. The van der Waals surface area contributed by atoms with Gasteiger partial charge in [0.15, 0.2) is 0 Å². The lowest BCUT2D eigenvalue weighted by Crippen LogP contribution is -2.53. The van der Waals surface area contributed by atoms with Gasteiger partial charge in [-0.15, -0.1) is 0 Å². The summed E-state index contributed by atoms with van der Waals surface area (Å²) in [6.07, 6.45) is 4.93. The number of hydrogen-bond acceptors (Lipinski definition) is 3. The topological polar surface area (TPSA) is 29.5 Å². The molecular formula is C14H25NO2. The van der Waals surface area contributed by atoms with Gasteiger partial charge < -0.3 is 4.74 Å². The predicted molar refractivity (Wildman–Crippen MR) is 68.0 cm³/mol. The quantitative estimate of drug-likeness (QED) is 0.756. The molecule has 1 aliphatic carbocycles. The van der Waals surface area contributed by atoms with Crippen molar-refractivity contribution in [3.63, 3.8) is 0 Å². The van der Waals surface area contributed by atoms with Gasteiger partial charge in [-0.2, -0.15) is 0 Å². The van der Waals surface area contributed by atoms with E-state index in [-0.39, 0.29) is 11.7 Å². The summed E-state index contributed by atoms with van der Waals surface area (Å²) in [6, 6.07) is 0. The van der Waals surface area contributed by atoms with Crippen molar-refractivity contribution in [2.75, 3.05) is 19.6 Å². The minimum atomic E-state index is -0.117. The first-order valence-corrected chi connectivity index (χ1v) is 6.89. The first kappa shape index (κ1) is 13.0.